The first-order chi connectivity index (χ1) is 13.9. The lowest BCUT2D eigenvalue weighted by Crippen LogP contribution is -2.40. The van der Waals surface area contributed by atoms with Crippen molar-refractivity contribution in [3.8, 4) is 0 Å². The van der Waals surface area contributed by atoms with Crippen LogP contribution in [-0.2, 0) is 33.4 Å². The van der Waals surface area contributed by atoms with E-state index in [-0.39, 0.29) is 46.1 Å². The zero-order valence-electron chi connectivity index (χ0n) is 20.5. The predicted octanol–water partition coefficient (Wildman–Crippen LogP) is 4.24. The van der Waals surface area contributed by atoms with E-state index in [9.17, 15) is 18.0 Å². The monoisotopic (exact) mass is 460 g/mol. The molecule has 0 N–H and O–H groups in total. The number of hydrogen-bond acceptors (Lipinski definition) is 7. The topological polar surface area (TPSA) is 96.0 Å². The lowest BCUT2D eigenvalue weighted by atomic mass is 9.89. The highest BCUT2D eigenvalue weighted by molar-refractivity contribution is 7.87. The van der Waals surface area contributed by atoms with Crippen molar-refractivity contribution in [3.05, 3.63) is 0 Å². The quantitative estimate of drug-likeness (QED) is 0.447. The molecule has 31 heavy (non-hydrogen) atoms. The van der Waals surface area contributed by atoms with Gasteiger partial charge in [0.05, 0.1) is 16.1 Å². The number of ether oxygens (including phenoxy) is 2. The molecular weight excluding hydrogens is 420 g/mol. The number of carbonyl (C=O) groups is 2. The van der Waals surface area contributed by atoms with Gasteiger partial charge in [0.1, 0.15) is 17.8 Å². The van der Waals surface area contributed by atoms with E-state index >= 15 is 0 Å². The summed E-state index contributed by atoms with van der Waals surface area (Å²) in [5, 5.41) is -0.364. The van der Waals surface area contributed by atoms with Crippen molar-refractivity contribution >= 4 is 22.1 Å². The molecule has 2 saturated carbocycles. The first kappa shape index (κ1) is 26.1. The van der Waals surface area contributed by atoms with Gasteiger partial charge in [-0.15, -0.1) is 0 Å². The highest BCUT2D eigenvalue weighted by Gasteiger charge is 2.65. The molecule has 3 rings (SSSR count). The standard InChI is InChI=1S/C13H20O5S.C10H20O2/c1-4-13(2,3)12(14)17-10-7-5-8-9(6-7)19(15,16)18-11(8)10;1-7-10(5,6)8(11)12-9(2,3)4/h7-11H,4-6H2,1-3H3;7H2,1-6H3. The lowest BCUT2D eigenvalue weighted by Gasteiger charge is -2.29. The zero-order chi connectivity index (χ0) is 24.0. The molecule has 8 heteroatoms. The van der Waals surface area contributed by atoms with Gasteiger partial charge in [0, 0.05) is 11.8 Å². The van der Waals surface area contributed by atoms with Gasteiger partial charge in [-0.2, -0.15) is 8.42 Å². The van der Waals surface area contributed by atoms with E-state index in [1.807, 2.05) is 62.3 Å². The Morgan fingerprint density at radius 3 is 1.90 bits per heavy atom. The van der Waals surface area contributed by atoms with E-state index in [0.29, 0.717) is 12.8 Å². The molecule has 0 aromatic carbocycles. The van der Waals surface area contributed by atoms with E-state index in [4.69, 9.17) is 13.7 Å². The van der Waals surface area contributed by atoms with E-state index in [1.165, 1.54) is 0 Å². The molecule has 0 spiro atoms. The second-order valence-corrected chi connectivity index (χ2v) is 13.1. The highest BCUT2D eigenvalue weighted by atomic mass is 32.2. The van der Waals surface area contributed by atoms with Crippen LogP contribution in [0.25, 0.3) is 0 Å². The number of esters is 2. The van der Waals surface area contributed by atoms with Crippen LogP contribution in [-0.4, -0.2) is 43.4 Å². The van der Waals surface area contributed by atoms with Crippen LogP contribution in [0.4, 0.5) is 0 Å². The first-order valence-electron chi connectivity index (χ1n) is 11.3. The molecule has 3 aliphatic rings. The van der Waals surface area contributed by atoms with E-state index in [1.54, 1.807) is 0 Å². The Bertz CT molecular complexity index is 791. The Kier molecular flexibility index (Phi) is 7.29. The molecule has 1 saturated heterocycles. The van der Waals surface area contributed by atoms with Gasteiger partial charge in [0.15, 0.2) is 0 Å². The van der Waals surface area contributed by atoms with Crippen molar-refractivity contribution in [3.63, 3.8) is 0 Å². The molecule has 5 atom stereocenters. The smallest absolute Gasteiger partial charge is 0.312 e. The molecule has 2 bridgehead atoms. The molecule has 0 aromatic heterocycles. The van der Waals surface area contributed by atoms with Crippen LogP contribution in [0.2, 0.25) is 0 Å². The Hall–Kier alpha value is -1.15. The van der Waals surface area contributed by atoms with Gasteiger partial charge in [-0.3, -0.25) is 13.8 Å². The molecule has 1 heterocycles. The van der Waals surface area contributed by atoms with Crippen molar-refractivity contribution in [1.29, 1.82) is 0 Å². The largest absolute Gasteiger partial charge is 0.460 e. The van der Waals surface area contributed by atoms with Gasteiger partial charge in [0.2, 0.25) is 0 Å². The Morgan fingerprint density at radius 1 is 0.903 bits per heavy atom. The van der Waals surface area contributed by atoms with Gasteiger partial charge >= 0.3 is 11.9 Å². The van der Waals surface area contributed by atoms with Crippen molar-refractivity contribution in [2.24, 2.45) is 22.7 Å². The summed E-state index contributed by atoms with van der Waals surface area (Å²) in [4.78, 5) is 23.6. The van der Waals surface area contributed by atoms with Crippen molar-refractivity contribution in [1.82, 2.24) is 0 Å². The molecule has 3 fully saturated rings. The maximum absolute atomic E-state index is 12.1. The van der Waals surface area contributed by atoms with E-state index in [2.05, 4.69) is 0 Å². The van der Waals surface area contributed by atoms with Crippen LogP contribution in [0.5, 0.6) is 0 Å². The molecule has 2 aliphatic carbocycles. The molecule has 180 valence electrons. The van der Waals surface area contributed by atoms with Crippen LogP contribution in [0.3, 0.4) is 0 Å². The molecule has 1 aliphatic heterocycles. The lowest BCUT2D eigenvalue weighted by molar-refractivity contribution is -0.167. The first-order valence-corrected chi connectivity index (χ1v) is 12.8. The second-order valence-electron chi connectivity index (χ2n) is 11.3. The molecule has 0 aromatic rings. The fourth-order valence-electron chi connectivity index (χ4n) is 4.03. The van der Waals surface area contributed by atoms with Gasteiger partial charge in [-0.1, -0.05) is 13.8 Å². The van der Waals surface area contributed by atoms with Crippen LogP contribution < -0.4 is 0 Å². The summed E-state index contributed by atoms with van der Waals surface area (Å²) in [6, 6.07) is 0. The number of hydrogen-bond donors (Lipinski definition) is 0. The molecule has 0 amide bonds. The average molecular weight is 461 g/mol. The third-order valence-corrected chi connectivity index (χ3v) is 8.70. The molecule has 0 radical (unpaired) electrons. The summed E-state index contributed by atoms with van der Waals surface area (Å²) in [5.41, 5.74) is -1.25. The van der Waals surface area contributed by atoms with Crippen molar-refractivity contribution in [2.75, 3.05) is 0 Å². The number of fused-ring (bicyclic) bond motifs is 1. The summed E-state index contributed by atoms with van der Waals surface area (Å²) in [7, 11) is -3.43. The third-order valence-electron chi connectivity index (χ3n) is 6.93. The zero-order valence-corrected chi connectivity index (χ0v) is 21.3. The fourth-order valence-corrected chi connectivity index (χ4v) is 5.91. The predicted molar refractivity (Wildman–Crippen MR) is 118 cm³/mol. The molecule has 5 unspecified atom stereocenters. The maximum Gasteiger partial charge on any atom is 0.312 e. The Labute approximate surface area is 187 Å². The number of carbonyl (C=O) groups excluding carboxylic acids is 2. The minimum atomic E-state index is -3.43. The van der Waals surface area contributed by atoms with Crippen molar-refractivity contribution < 1.29 is 31.7 Å². The van der Waals surface area contributed by atoms with Crippen molar-refractivity contribution in [2.45, 2.75) is 111 Å². The minimum absolute atomic E-state index is 0.0255. The van der Waals surface area contributed by atoms with Gasteiger partial charge < -0.3 is 9.47 Å². The second kappa shape index (κ2) is 8.65. The summed E-state index contributed by atoms with van der Waals surface area (Å²) in [5.74, 6) is -0.194. The van der Waals surface area contributed by atoms with Crippen LogP contribution in [0, 0.1) is 22.7 Å². The van der Waals surface area contributed by atoms with Gasteiger partial charge in [-0.05, 0) is 74.1 Å². The summed E-state index contributed by atoms with van der Waals surface area (Å²) < 4.78 is 39.6. The molecular formula is C23H40O7S. The Balaban J connectivity index is 0.000000248. The fraction of sp³-hybridized carbons (Fsp3) is 0.913. The van der Waals surface area contributed by atoms with Crippen LogP contribution in [0.1, 0.15) is 88.0 Å². The van der Waals surface area contributed by atoms with Crippen LogP contribution >= 0.6 is 0 Å². The molecule has 7 nitrogen and oxygen atoms in total. The summed E-state index contributed by atoms with van der Waals surface area (Å²) in [6.07, 6.45) is 2.07. The van der Waals surface area contributed by atoms with E-state index in [0.717, 1.165) is 12.8 Å². The third kappa shape index (κ3) is 5.62. The highest BCUT2D eigenvalue weighted by Crippen LogP contribution is 2.55. The Morgan fingerprint density at radius 2 is 1.42 bits per heavy atom. The normalized spacial score (nSPS) is 31.1. The number of rotatable bonds is 5. The SMILES string of the molecule is CCC(C)(C)C(=O)OC(C)(C)C.CCC(C)(C)C(=O)OC1C2CC3C1OS(=O)(=O)C3C2. The summed E-state index contributed by atoms with van der Waals surface area (Å²) in [6.45, 7) is 17.1. The summed E-state index contributed by atoms with van der Waals surface area (Å²) >= 11 is 0. The van der Waals surface area contributed by atoms with Gasteiger partial charge in [-0.25, -0.2) is 0 Å². The maximum atomic E-state index is 12.1. The van der Waals surface area contributed by atoms with Gasteiger partial charge in [0.25, 0.3) is 10.1 Å². The van der Waals surface area contributed by atoms with E-state index < -0.39 is 21.6 Å². The minimum Gasteiger partial charge on any atom is -0.460 e. The van der Waals surface area contributed by atoms with Crippen LogP contribution in [0.15, 0.2) is 0 Å². The average Bonchev–Trinajstić information content (AvgIpc) is 3.25.